The van der Waals surface area contributed by atoms with Crippen LogP contribution in [-0.2, 0) is 71.1 Å². The smallest absolute Gasteiger partial charge is 0.311 e. The molecule has 2 aliphatic carbocycles. The van der Waals surface area contributed by atoms with Crippen molar-refractivity contribution in [2.75, 3.05) is 24.7 Å². The number of ether oxygens (including phenoxy) is 1. The SMILES string of the molecule is C.C=C(Nc1ccc(-c2ccc(C)cc2)cc1O)C1C(C(=O)O)C(C(=O)O)C1C(=O)NC.CCCC(=O)Oc1cc(-c2ccc(C)cc2)ccc1NC(=O)C1C(C(=O)O)C(C(=O)O)C1C(=O)NC.[Y]. The van der Waals surface area contributed by atoms with Gasteiger partial charge in [-0.25, -0.2) is 0 Å². The molecule has 2 fully saturated rings. The van der Waals surface area contributed by atoms with Crippen molar-refractivity contribution in [2.45, 2.75) is 41.0 Å². The van der Waals surface area contributed by atoms with Crippen LogP contribution < -0.4 is 26.0 Å². The minimum absolute atomic E-state index is 0. The first-order chi connectivity index (χ1) is 31.7. The topological polar surface area (TPSA) is 295 Å². The van der Waals surface area contributed by atoms with E-state index in [0.29, 0.717) is 12.0 Å². The third-order valence-electron chi connectivity index (χ3n) is 12.0. The van der Waals surface area contributed by atoms with Crippen LogP contribution in [0.5, 0.6) is 11.5 Å². The molecule has 4 aromatic carbocycles. The van der Waals surface area contributed by atoms with E-state index in [1.165, 1.54) is 20.2 Å². The van der Waals surface area contributed by atoms with Crippen molar-refractivity contribution in [1.82, 2.24) is 10.6 Å². The van der Waals surface area contributed by atoms with Gasteiger partial charge in [-0.3, -0.25) is 38.4 Å². The number of hydrogen-bond acceptors (Lipinski definition) is 11. The molecule has 18 nitrogen and oxygen atoms in total. The van der Waals surface area contributed by atoms with Gasteiger partial charge < -0.3 is 51.5 Å². The van der Waals surface area contributed by atoms with Gasteiger partial charge in [-0.05, 0) is 66.8 Å². The van der Waals surface area contributed by atoms with E-state index in [0.717, 1.165) is 27.8 Å². The van der Waals surface area contributed by atoms with Gasteiger partial charge in [0, 0.05) is 64.8 Å². The summed E-state index contributed by atoms with van der Waals surface area (Å²) in [5.41, 5.74) is 5.97. The molecule has 69 heavy (non-hydrogen) atoms. The van der Waals surface area contributed by atoms with Crippen molar-refractivity contribution in [3.05, 3.63) is 108 Å². The molecule has 8 unspecified atom stereocenters. The van der Waals surface area contributed by atoms with Gasteiger partial charge in [0.15, 0.2) is 5.75 Å². The zero-order chi connectivity index (χ0) is 49.4. The molecule has 0 saturated heterocycles. The Kier molecular flexibility index (Phi) is 19.9. The predicted molar refractivity (Wildman–Crippen MR) is 250 cm³/mol. The van der Waals surface area contributed by atoms with E-state index in [4.69, 9.17) is 4.74 Å². The van der Waals surface area contributed by atoms with Crippen LogP contribution in [0.25, 0.3) is 22.3 Å². The number of carbonyl (C=O) groups excluding carboxylic acids is 4. The van der Waals surface area contributed by atoms with Crippen LogP contribution in [0.3, 0.4) is 0 Å². The number of hydrogen-bond donors (Lipinski definition) is 9. The number of aromatic hydroxyl groups is 1. The fourth-order valence-electron chi connectivity index (χ4n) is 8.52. The second kappa shape index (κ2) is 24.4. The second-order valence-corrected chi connectivity index (χ2v) is 16.3. The van der Waals surface area contributed by atoms with Crippen LogP contribution in [-0.4, -0.2) is 87.2 Å². The Bertz CT molecular complexity index is 2600. The third-order valence-corrected chi connectivity index (χ3v) is 12.0. The van der Waals surface area contributed by atoms with Gasteiger partial charge in [-0.2, -0.15) is 0 Å². The van der Waals surface area contributed by atoms with E-state index in [9.17, 15) is 63.9 Å². The van der Waals surface area contributed by atoms with E-state index < -0.39 is 94.9 Å². The number of aryl methyl sites for hydroxylation is 2. The Labute approximate surface area is 423 Å². The summed E-state index contributed by atoms with van der Waals surface area (Å²) in [5.74, 6) is -19.0. The summed E-state index contributed by atoms with van der Waals surface area (Å²) < 4.78 is 5.49. The number of rotatable bonds is 16. The van der Waals surface area contributed by atoms with Crippen molar-refractivity contribution in [2.24, 2.45) is 47.3 Å². The Morgan fingerprint density at radius 2 is 0.913 bits per heavy atom. The van der Waals surface area contributed by atoms with Crippen LogP contribution >= 0.6 is 0 Å². The monoisotopic (exact) mass is 1030 g/mol. The third kappa shape index (κ3) is 12.6. The largest absolute Gasteiger partial charge is 0.506 e. The van der Waals surface area contributed by atoms with E-state index in [1.54, 1.807) is 30.3 Å². The summed E-state index contributed by atoms with van der Waals surface area (Å²) in [6, 6.07) is 25.2. The number of nitrogens with one attached hydrogen (secondary N) is 4. The fourth-order valence-corrected chi connectivity index (χ4v) is 8.52. The summed E-state index contributed by atoms with van der Waals surface area (Å²) in [4.78, 5) is 96.7. The number of anilines is 2. The molecule has 0 spiro atoms. The normalized spacial score (nSPS) is 20.7. The standard InChI is InChI=1S/C26H28N2O8.C23H24N2O6.CH4.Y/c1-4-5-18(29)36-17-12-15(14-8-6-13(2)7-9-14)10-11-16(17)28-24(31)20-19(23(30)27-3)21(25(32)33)22(20)26(34)35;1-11-4-6-13(7-5-11)14-8-9-15(16(26)10-14)25-12(2)17-18(21(27)24-3)20(23(30)31)19(17)22(28)29;;/h6-12,19-22H,4-5H2,1-3H3,(H,27,30)(H,28,31)(H,32,33)(H,34,35);4-10,17-20,25-26H,2H2,1,3H3,(H,24,27)(H,28,29)(H,30,31);1H4;. The van der Waals surface area contributed by atoms with Crippen LogP contribution in [0.2, 0.25) is 0 Å². The van der Waals surface area contributed by atoms with Gasteiger partial charge in [0.05, 0.1) is 52.8 Å². The van der Waals surface area contributed by atoms with Gasteiger partial charge >= 0.3 is 29.8 Å². The fraction of sp³-hybridized carbons (Fsp3) is 0.320. The molecule has 1 radical (unpaired) electrons. The van der Waals surface area contributed by atoms with Gasteiger partial charge in [-0.15, -0.1) is 0 Å². The van der Waals surface area contributed by atoms with E-state index in [-0.39, 0.29) is 75.1 Å². The molecule has 9 N–H and O–H groups in total. The number of phenolic OH excluding ortho intramolecular Hbond substituents is 1. The number of carboxylic acid groups (broad SMARTS) is 4. The zero-order valence-corrected chi connectivity index (χ0v) is 40.6. The van der Waals surface area contributed by atoms with Crippen molar-refractivity contribution < 1.29 is 101 Å². The Balaban J connectivity index is 0.000000359. The van der Waals surface area contributed by atoms with Crippen molar-refractivity contribution >= 4 is 58.9 Å². The number of benzene rings is 4. The molecule has 0 heterocycles. The molecule has 0 bridgehead atoms. The maximum absolute atomic E-state index is 13.2. The molecule has 0 aromatic heterocycles. The van der Waals surface area contributed by atoms with Crippen molar-refractivity contribution in [3.8, 4) is 33.8 Å². The average molecular weight is 1030 g/mol. The molecule has 6 rings (SSSR count). The van der Waals surface area contributed by atoms with Crippen molar-refractivity contribution in [3.63, 3.8) is 0 Å². The first-order valence-corrected chi connectivity index (χ1v) is 21.2. The van der Waals surface area contributed by atoms with Gasteiger partial charge in [0.25, 0.3) is 0 Å². The Morgan fingerprint density at radius 3 is 1.32 bits per heavy atom. The molecule has 3 amide bonds. The quantitative estimate of drug-likeness (QED) is 0.0352. The van der Waals surface area contributed by atoms with Gasteiger partial charge in [0.1, 0.15) is 5.75 Å². The van der Waals surface area contributed by atoms with Gasteiger partial charge in [0.2, 0.25) is 17.7 Å². The molecular formula is C50H56N4O14Y. The molecule has 19 heteroatoms. The maximum Gasteiger partial charge on any atom is 0.311 e. The van der Waals surface area contributed by atoms with Crippen LogP contribution in [0.15, 0.2) is 97.2 Å². The van der Waals surface area contributed by atoms with Crippen molar-refractivity contribution in [1.29, 1.82) is 0 Å². The molecular weight excluding hydrogens is 969 g/mol. The van der Waals surface area contributed by atoms with E-state index >= 15 is 0 Å². The number of phenols is 1. The summed E-state index contributed by atoms with van der Waals surface area (Å²) in [6.07, 6.45) is 0.690. The summed E-state index contributed by atoms with van der Waals surface area (Å²) in [6.45, 7) is 9.58. The van der Waals surface area contributed by atoms with Crippen LogP contribution in [0, 0.1) is 61.2 Å². The summed E-state index contributed by atoms with van der Waals surface area (Å²) in [7, 11) is 2.64. The molecule has 8 atom stereocenters. The van der Waals surface area contributed by atoms with E-state index in [1.807, 2.05) is 69.3 Å². The molecule has 2 saturated carbocycles. The first kappa shape index (κ1) is 56.4. The number of amides is 3. The van der Waals surface area contributed by atoms with Crippen LogP contribution in [0.4, 0.5) is 11.4 Å². The minimum atomic E-state index is -1.59. The summed E-state index contributed by atoms with van der Waals surface area (Å²) >= 11 is 0. The Hall–Kier alpha value is -6.92. The maximum atomic E-state index is 13.2. The molecule has 363 valence electrons. The predicted octanol–water partition coefficient (Wildman–Crippen LogP) is 6.02. The Morgan fingerprint density at radius 1 is 0.536 bits per heavy atom. The minimum Gasteiger partial charge on any atom is -0.506 e. The molecule has 2 aliphatic rings. The molecule has 0 aliphatic heterocycles. The number of esters is 1. The zero-order valence-electron chi connectivity index (χ0n) is 37.8. The number of carbonyl (C=O) groups is 8. The number of carboxylic acids is 4. The number of allylic oxidation sites excluding steroid dienone is 1. The van der Waals surface area contributed by atoms with Crippen LogP contribution in [0.1, 0.15) is 38.3 Å². The second-order valence-electron chi connectivity index (χ2n) is 16.3. The van der Waals surface area contributed by atoms with Gasteiger partial charge in [-0.1, -0.05) is 92.7 Å². The van der Waals surface area contributed by atoms with E-state index in [2.05, 4.69) is 27.8 Å². The first-order valence-electron chi connectivity index (χ1n) is 21.2. The number of aliphatic carboxylic acids is 4. The summed E-state index contributed by atoms with van der Waals surface area (Å²) in [5, 5.41) is 58.6. The average Bonchev–Trinajstić information content (AvgIpc) is 3.24. The molecule has 4 aromatic rings.